The number of nitrogen functional groups attached to an aromatic ring is 1. The van der Waals surface area contributed by atoms with E-state index < -0.39 is 0 Å². The lowest BCUT2D eigenvalue weighted by molar-refractivity contribution is 0.261. The SMILES string of the molecule is CN1c2ccc(N)cc2OCC1CCN. The monoisotopic (exact) mass is 207 g/mol. The molecular weight excluding hydrogens is 190 g/mol. The van der Waals surface area contributed by atoms with E-state index in [1.165, 1.54) is 0 Å². The topological polar surface area (TPSA) is 64.5 Å². The number of likely N-dealkylation sites (N-methyl/N-ethyl adjacent to an activating group) is 1. The van der Waals surface area contributed by atoms with Crippen LogP contribution in [0.15, 0.2) is 18.2 Å². The van der Waals surface area contributed by atoms with E-state index in [0.717, 1.165) is 23.5 Å². The van der Waals surface area contributed by atoms with Crippen molar-refractivity contribution in [3.63, 3.8) is 0 Å². The molecule has 0 fully saturated rings. The van der Waals surface area contributed by atoms with E-state index in [9.17, 15) is 0 Å². The predicted octanol–water partition coefficient (Wildman–Crippen LogP) is 0.815. The standard InChI is InChI=1S/C11H17N3O/c1-14-9(4-5-12)7-15-11-6-8(13)2-3-10(11)14/h2-3,6,9H,4-5,7,12-13H2,1H3. The number of rotatable bonds is 2. The van der Waals surface area contributed by atoms with E-state index in [2.05, 4.69) is 11.9 Å². The maximum absolute atomic E-state index is 5.70. The van der Waals surface area contributed by atoms with Crippen LogP contribution in [0.25, 0.3) is 0 Å². The molecule has 4 N–H and O–H groups in total. The third-order valence-electron chi connectivity index (χ3n) is 2.84. The van der Waals surface area contributed by atoms with Gasteiger partial charge in [0.1, 0.15) is 12.4 Å². The molecule has 0 saturated carbocycles. The van der Waals surface area contributed by atoms with Crippen molar-refractivity contribution in [1.82, 2.24) is 0 Å². The van der Waals surface area contributed by atoms with Gasteiger partial charge in [-0.3, -0.25) is 0 Å². The third-order valence-corrected chi connectivity index (χ3v) is 2.84. The molecule has 1 aliphatic rings. The molecule has 2 rings (SSSR count). The van der Waals surface area contributed by atoms with Crippen molar-refractivity contribution < 1.29 is 4.74 Å². The lowest BCUT2D eigenvalue weighted by Crippen LogP contribution is -2.41. The van der Waals surface area contributed by atoms with Crippen LogP contribution in [0.2, 0.25) is 0 Å². The van der Waals surface area contributed by atoms with Gasteiger partial charge in [0, 0.05) is 18.8 Å². The van der Waals surface area contributed by atoms with Crippen molar-refractivity contribution in [2.75, 3.05) is 30.8 Å². The first kappa shape index (κ1) is 10.1. The molecule has 1 aromatic carbocycles. The van der Waals surface area contributed by atoms with Crippen molar-refractivity contribution in [2.24, 2.45) is 5.73 Å². The second-order valence-corrected chi connectivity index (χ2v) is 3.88. The Bertz CT molecular complexity index is 354. The van der Waals surface area contributed by atoms with Crippen LogP contribution >= 0.6 is 0 Å². The van der Waals surface area contributed by atoms with Gasteiger partial charge in [0.2, 0.25) is 0 Å². The van der Waals surface area contributed by atoms with E-state index >= 15 is 0 Å². The first-order chi connectivity index (χ1) is 7.22. The number of nitrogens with two attached hydrogens (primary N) is 2. The summed E-state index contributed by atoms with van der Waals surface area (Å²) in [6.45, 7) is 1.37. The second kappa shape index (κ2) is 3.98. The summed E-state index contributed by atoms with van der Waals surface area (Å²) in [5, 5.41) is 0. The maximum atomic E-state index is 5.70. The molecule has 1 unspecified atom stereocenters. The van der Waals surface area contributed by atoms with Gasteiger partial charge in [-0.15, -0.1) is 0 Å². The normalized spacial score (nSPS) is 19.6. The van der Waals surface area contributed by atoms with Gasteiger partial charge < -0.3 is 21.1 Å². The smallest absolute Gasteiger partial charge is 0.144 e. The number of ether oxygens (including phenoxy) is 1. The maximum Gasteiger partial charge on any atom is 0.144 e. The van der Waals surface area contributed by atoms with Crippen LogP contribution in [0.1, 0.15) is 6.42 Å². The first-order valence-electron chi connectivity index (χ1n) is 5.17. The van der Waals surface area contributed by atoms with Gasteiger partial charge in [0.05, 0.1) is 11.7 Å². The lowest BCUT2D eigenvalue weighted by Gasteiger charge is -2.35. The highest BCUT2D eigenvalue weighted by molar-refractivity contribution is 5.65. The molecule has 1 heterocycles. The average molecular weight is 207 g/mol. The summed E-state index contributed by atoms with van der Waals surface area (Å²) in [7, 11) is 2.07. The zero-order chi connectivity index (χ0) is 10.8. The van der Waals surface area contributed by atoms with Crippen LogP contribution in [-0.4, -0.2) is 26.2 Å². The average Bonchev–Trinajstić information content (AvgIpc) is 2.22. The highest BCUT2D eigenvalue weighted by Gasteiger charge is 2.23. The molecule has 0 radical (unpaired) electrons. The van der Waals surface area contributed by atoms with Gasteiger partial charge in [-0.1, -0.05) is 0 Å². The summed E-state index contributed by atoms with van der Waals surface area (Å²) in [5.74, 6) is 0.866. The minimum absolute atomic E-state index is 0.367. The fourth-order valence-corrected chi connectivity index (χ4v) is 1.90. The van der Waals surface area contributed by atoms with Crippen molar-refractivity contribution in [3.8, 4) is 5.75 Å². The Kier molecular flexibility index (Phi) is 2.68. The quantitative estimate of drug-likeness (QED) is 0.704. The van der Waals surface area contributed by atoms with Crippen molar-refractivity contribution >= 4 is 11.4 Å². The van der Waals surface area contributed by atoms with E-state index in [0.29, 0.717) is 19.2 Å². The molecule has 1 aromatic rings. The summed E-state index contributed by atoms with van der Waals surface area (Å²) < 4.78 is 5.66. The van der Waals surface area contributed by atoms with Crippen LogP contribution < -0.4 is 21.1 Å². The Labute approximate surface area is 89.8 Å². The zero-order valence-electron chi connectivity index (χ0n) is 8.94. The predicted molar refractivity (Wildman–Crippen MR) is 62.2 cm³/mol. The van der Waals surface area contributed by atoms with Gasteiger partial charge in [-0.05, 0) is 25.1 Å². The Morgan fingerprint density at radius 2 is 2.33 bits per heavy atom. The summed E-state index contributed by atoms with van der Waals surface area (Å²) in [6, 6.07) is 6.12. The van der Waals surface area contributed by atoms with Crippen LogP contribution in [0, 0.1) is 0 Å². The summed E-state index contributed by atoms with van der Waals surface area (Å²) in [6.07, 6.45) is 0.945. The second-order valence-electron chi connectivity index (χ2n) is 3.88. The third kappa shape index (κ3) is 1.85. The molecule has 1 aliphatic heterocycles. The Morgan fingerprint density at radius 1 is 1.53 bits per heavy atom. The molecule has 0 saturated heterocycles. The summed E-state index contributed by atoms with van der Waals surface area (Å²) in [5.41, 5.74) is 13.1. The largest absolute Gasteiger partial charge is 0.489 e. The van der Waals surface area contributed by atoms with Gasteiger partial charge in [0.15, 0.2) is 0 Å². The molecule has 0 amide bonds. The number of nitrogens with zero attached hydrogens (tertiary/aromatic N) is 1. The molecule has 0 aliphatic carbocycles. The molecule has 4 nitrogen and oxygen atoms in total. The van der Waals surface area contributed by atoms with Gasteiger partial charge in [-0.25, -0.2) is 0 Å². The van der Waals surface area contributed by atoms with E-state index in [1.807, 2.05) is 18.2 Å². The van der Waals surface area contributed by atoms with Crippen LogP contribution in [0.4, 0.5) is 11.4 Å². The minimum Gasteiger partial charge on any atom is -0.489 e. The number of hydrogen-bond acceptors (Lipinski definition) is 4. The van der Waals surface area contributed by atoms with E-state index in [1.54, 1.807) is 0 Å². The highest BCUT2D eigenvalue weighted by Crippen LogP contribution is 2.34. The molecule has 15 heavy (non-hydrogen) atoms. The number of fused-ring (bicyclic) bond motifs is 1. The lowest BCUT2D eigenvalue weighted by atomic mass is 10.1. The first-order valence-corrected chi connectivity index (χ1v) is 5.17. The Morgan fingerprint density at radius 3 is 3.07 bits per heavy atom. The van der Waals surface area contributed by atoms with Crippen molar-refractivity contribution in [2.45, 2.75) is 12.5 Å². The van der Waals surface area contributed by atoms with Crippen molar-refractivity contribution in [1.29, 1.82) is 0 Å². The summed E-state index contributed by atoms with van der Waals surface area (Å²) in [4.78, 5) is 2.21. The van der Waals surface area contributed by atoms with Crippen LogP contribution in [0.3, 0.4) is 0 Å². The number of anilines is 2. The molecular formula is C11H17N3O. The molecule has 0 bridgehead atoms. The summed E-state index contributed by atoms with van der Waals surface area (Å²) >= 11 is 0. The Hall–Kier alpha value is -1.42. The van der Waals surface area contributed by atoms with Gasteiger partial charge in [0.25, 0.3) is 0 Å². The Balaban J connectivity index is 2.26. The van der Waals surface area contributed by atoms with Gasteiger partial charge in [-0.2, -0.15) is 0 Å². The van der Waals surface area contributed by atoms with E-state index in [-0.39, 0.29) is 0 Å². The highest BCUT2D eigenvalue weighted by atomic mass is 16.5. The van der Waals surface area contributed by atoms with Crippen molar-refractivity contribution in [3.05, 3.63) is 18.2 Å². The number of benzene rings is 1. The minimum atomic E-state index is 0.367. The molecule has 4 heteroatoms. The van der Waals surface area contributed by atoms with Crippen LogP contribution in [-0.2, 0) is 0 Å². The molecule has 0 aromatic heterocycles. The van der Waals surface area contributed by atoms with Crippen LogP contribution in [0.5, 0.6) is 5.75 Å². The number of hydrogen-bond donors (Lipinski definition) is 2. The molecule has 82 valence electrons. The van der Waals surface area contributed by atoms with E-state index in [4.69, 9.17) is 16.2 Å². The fourth-order valence-electron chi connectivity index (χ4n) is 1.90. The molecule has 1 atom stereocenters. The molecule has 0 spiro atoms. The zero-order valence-corrected chi connectivity index (χ0v) is 8.94. The fraction of sp³-hybridized carbons (Fsp3) is 0.455. The van der Waals surface area contributed by atoms with Gasteiger partial charge >= 0.3 is 0 Å².